The molecule has 2 rings (SSSR count). The van der Waals surface area contributed by atoms with Gasteiger partial charge in [0.25, 0.3) is 0 Å². The Morgan fingerprint density at radius 2 is 1.67 bits per heavy atom. The zero-order valence-corrected chi connectivity index (χ0v) is 17.0. The quantitative estimate of drug-likeness (QED) is 0.364. The predicted molar refractivity (Wildman–Crippen MR) is 99.0 cm³/mol. The minimum Gasteiger partial charge on any atom is -0.489 e. The van der Waals surface area contributed by atoms with E-state index in [1.807, 2.05) is 12.1 Å². The largest absolute Gasteiger partial charge is 0.489 e. The van der Waals surface area contributed by atoms with E-state index >= 15 is 0 Å². The van der Waals surface area contributed by atoms with Crippen LogP contribution in [0.1, 0.15) is 0 Å². The highest BCUT2D eigenvalue weighted by molar-refractivity contribution is 14.1. The van der Waals surface area contributed by atoms with E-state index < -0.39 is 30.7 Å². The molecule has 0 amide bonds. The van der Waals surface area contributed by atoms with Crippen LogP contribution < -0.4 is 4.74 Å². The highest BCUT2D eigenvalue weighted by atomic mass is 127. The van der Waals surface area contributed by atoms with Gasteiger partial charge >= 0.3 is 0 Å². The Morgan fingerprint density at radius 3 is 2.14 bits per heavy atom. The molecule has 1 aromatic rings. The van der Waals surface area contributed by atoms with Gasteiger partial charge in [-0.05, 0) is 79.9 Å². The third-order valence-corrected chi connectivity index (χ3v) is 5.24. The Hall–Kier alpha value is 1.01. The molecule has 4 N–H and O–H groups in total. The Bertz CT molecular complexity index is 491. The molecule has 2 unspecified atom stereocenters. The fourth-order valence-electron chi connectivity index (χ4n) is 1.93. The fraction of sp³-hybridized carbons (Fsp3) is 0.500. The monoisotopic (exact) mass is 634 g/mol. The van der Waals surface area contributed by atoms with E-state index in [9.17, 15) is 20.4 Å². The van der Waals surface area contributed by atoms with Gasteiger partial charge in [-0.3, -0.25) is 0 Å². The Kier molecular flexibility index (Phi) is 6.75. The standard InChI is InChI=1S/C12H13I3O6/c13-4-1-5(14)10(6(15)2-4)20-3-7(16)11-8(17)9(18)12(19)21-11/h1-2,7-9,11-12,16-19H,3H2/t7?,8-,9-,11?,12+/m1/s1. The van der Waals surface area contributed by atoms with E-state index in [2.05, 4.69) is 67.8 Å². The van der Waals surface area contributed by atoms with Gasteiger partial charge in [-0.25, -0.2) is 0 Å². The number of aliphatic hydroxyl groups excluding tert-OH is 4. The van der Waals surface area contributed by atoms with Gasteiger partial charge in [0.2, 0.25) is 0 Å². The van der Waals surface area contributed by atoms with Crippen molar-refractivity contribution >= 4 is 67.8 Å². The summed E-state index contributed by atoms with van der Waals surface area (Å²) < 4.78 is 13.4. The van der Waals surface area contributed by atoms with Crippen LogP contribution in [0.15, 0.2) is 12.1 Å². The van der Waals surface area contributed by atoms with Crippen molar-refractivity contribution in [3.8, 4) is 5.75 Å². The van der Waals surface area contributed by atoms with Crippen molar-refractivity contribution < 1.29 is 29.9 Å². The number of hydrogen-bond donors (Lipinski definition) is 4. The molecule has 1 fully saturated rings. The van der Waals surface area contributed by atoms with Gasteiger partial charge in [0.15, 0.2) is 6.29 Å². The van der Waals surface area contributed by atoms with Crippen LogP contribution in [0.4, 0.5) is 0 Å². The van der Waals surface area contributed by atoms with Crippen molar-refractivity contribution in [2.75, 3.05) is 6.61 Å². The number of benzene rings is 1. The first kappa shape index (κ1) is 18.4. The zero-order chi connectivity index (χ0) is 15.7. The summed E-state index contributed by atoms with van der Waals surface area (Å²) in [6.07, 6.45) is -6.54. The van der Waals surface area contributed by atoms with Crippen molar-refractivity contribution in [2.24, 2.45) is 0 Å². The molecule has 0 spiro atoms. The van der Waals surface area contributed by atoms with Gasteiger partial charge in [-0.1, -0.05) is 0 Å². The Morgan fingerprint density at radius 1 is 1.10 bits per heavy atom. The summed E-state index contributed by atoms with van der Waals surface area (Å²) in [5, 5.41) is 38.4. The van der Waals surface area contributed by atoms with Gasteiger partial charge in [0, 0.05) is 3.57 Å². The minimum absolute atomic E-state index is 0.117. The first-order valence-electron chi connectivity index (χ1n) is 5.96. The van der Waals surface area contributed by atoms with Gasteiger partial charge in [0.1, 0.15) is 36.8 Å². The summed E-state index contributed by atoms with van der Waals surface area (Å²) in [5.74, 6) is 0.643. The second-order valence-electron chi connectivity index (χ2n) is 4.55. The van der Waals surface area contributed by atoms with E-state index in [1.54, 1.807) is 0 Å². The summed E-state index contributed by atoms with van der Waals surface area (Å²) >= 11 is 6.49. The number of aliphatic hydroxyl groups is 4. The zero-order valence-electron chi connectivity index (χ0n) is 10.5. The van der Waals surface area contributed by atoms with Crippen LogP contribution in [-0.4, -0.2) is 57.7 Å². The van der Waals surface area contributed by atoms with Crippen molar-refractivity contribution in [3.63, 3.8) is 0 Å². The average Bonchev–Trinajstić information content (AvgIpc) is 2.65. The number of ether oxygens (including phenoxy) is 2. The molecule has 1 saturated heterocycles. The molecular formula is C12H13I3O6. The molecule has 1 aliphatic heterocycles. The average molecular weight is 634 g/mol. The van der Waals surface area contributed by atoms with E-state index in [-0.39, 0.29) is 6.61 Å². The first-order chi connectivity index (χ1) is 9.81. The molecule has 1 aromatic carbocycles. The minimum atomic E-state index is -1.50. The summed E-state index contributed by atoms with van der Waals surface area (Å²) in [5.41, 5.74) is 0. The highest BCUT2D eigenvalue weighted by Gasteiger charge is 2.45. The van der Waals surface area contributed by atoms with Crippen LogP contribution in [0.25, 0.3) is 0 Å². The van der Waals surface area contributed by atoms with Crippen LogP contribution in [0.5, 0.6) is 5.75 Å². The second kappa shape index (κ2) is 7.72. The van der Waals surface area contributed by atoms with Crippen molar-refractivity contribution in [1.82, 2.24) is 0 Å². The number of hydrogen-bond acceptors (Lipinski definition) is 6. The molecule has 1 aliphatic rings. The number of halogens is 3. The lowest BCUT2D eigenvalue weighted by molar-refractivity contribution is -0.149. The summed E-state index contributed by atoms with van der Waals surface area (Å²) in [4.78, 5) is 0. The summed E-state index contributed by atoms with van der Waals surface area (Å²) in [6.45, 7) is -0.117. The summed E-state index contributed by atoms with van der Waals surface area (Å²) in [6, 6.07) is 3.89. The lowest BCUT2D eigenvalue weighted by atomic mass is 10.1. The Balaban J connectivity index is 2.00. The molecule has 21 heavy (non-hydrogen) atoms. The molecule has 0 bridgehead atoms. The summed E-state index contributed by atoms with van der Waals surface area (Å²) in [7, 11) is 0. The molecule has 6 nitrogen and oxygen atoms in total. The molecule has 1 heterocycles. The highest BCUT2D eigenvalue weighted by Crippen LogP contribution is 2.30. The van der Waals surface area contributed by atoms with Gasteiger partial charge in [-0.2, -0.15) is 0 Å². The maximum Gasteiger partial charge on any atom is 0.184 e. The molecule has 118 valence electrons. The number of rotatable bonds is 4. The van der Waals surface area contributed by atoms with Crippen molar-refractivity contribution in [1.29, 1.82) is 0 Å². The third kappa shape index (κ3) is 4.30. The smallest absolute Gasteiger partial charge is 0.184 e. The van der Waals surface area contributed by atoms with Crippen LogP contribution in [0, 0.1) is 10.7 Å². The molecular weight excluding hydrogens is 621 g/mol. The second-order valence-corrected chi connectivity index (χ2v) is 8.12. The van der Waals surface area contributed by atoms with Gasteiger partial charge < -0.3 is 29.9 Å². The SMILES string of the molecule is OC(COc1c(I)cc(I)cc1I)C1O[C@H](O)[C@H](O)[C@H]1O. The topological polar surface area (TPSA) is 99.4 Å². The lowest BCUT2D eigenvalue weighted by Gasteiger charge is -2.21. The third-order valence-electron chi connectivity index (χ3n) is 3.02. The van der Waals surface area contributed by atoms with E-state index in [1.165, 1.54) is 0 Å². The van der Waals surface area contributed by atoms with Gasteiger partial charge in [0.05, 0.1) is 7.14 Å². The van der Waals surface area contributed by atoms with Crippen molar-refractivity contribution in [2.45, 2.75) is 30.7 Å². The normalized spacial score (nSPS) is 30.4. The van der Waals surface area contributed by atoms with Crippen LogP contribution in [0.2, 0.25) is 0 Å². The molecule has 0 aromatic heterocycles. The molecule has 5 atom stereocenters. The predicted octanol–water partition coefficient (Wildman–Crippen LogP) is 0.679. The van der Waals surface area contributed by atoms with Crippen LogP contribution in [-0.2, 0) is 4.74 Å². The van der Waals surface area contributed by atoms with Crippen LogP contribution >= 0.6 is 67.8 Å². The van der Waals surface area contributed by atoms with E-state index in [0.717, 1.165) is 10.7 Å². The molecule has 0 radical (unpaired) electrons. The fourth-order valence-corrected chi connectivity index (χ4v) is 5.83. The van der Waals surface area contributed by atoms with E-state index in [0.29, 0.717) is 5.75 Å². The maximum absolute atomic E-state index is 10.0. The Labute approximate surface area is 162 Å². The first-order valence-corrected chi connectivity index (χ1v) is 9.20. The van der Waals surface area contributed by atoms with Crippen LogP contribution in [0.3, 0.4) is 0 Å². The molecule has 9 heteroatoms. The van der Waals surface area contributed by atoms with Crippen molar-refractivity contribution in [3.05, 3.63) is 22.8 Å². The lowest BCUT2D eigenvalue weighted by Crippen LogP contribution is -2.41. The maximum atomic E-state index is 10.0. The molecule has 0 saturated carbocycles. The van der Waals surface area contributed by atoms with Gasteiger partial charge in [-0.15, -0.1) is 0 Å². The molecule has 0 aliphatic carbocycles. The van der Waals surface area contributed by atoms with E-state index in [4.69, 9.17) is 9.47 Å².